The second-order valence-electron chi connectivity index (χ2n) is 8.36. The standard InChI is InChI=1S/C23H24N4OS/c1-23(2,3)17-10-8-16(9-11-17)20-24-22-27(25-20)21(28)19(29-22)14-15-6-12-18(13-7-15)26(4)5/h6-14H,1-5H3. The monoisotopic (exact) mass is 404 g/mol. The zero-order chi connectivity index (χ0) is 20.8. The summed E-state index contributed by atoms with van der Waals surface area (Å²) in [6, 6.07) is 16.3. The molecule has 0 aliphatic carbocycles. The molecule has 0 atom stereocenters. The van der Waals surface area contributed by atoms with Crippen LogP contribution in [0.15, 0.2) is 53.3 Å². The summed E-state index contributed by atoms with van der Waals surface area (Å²) < 4.78 is 2.03. The molecule has 2 aromatic heterocycles. The Bertz CT molecular complexity index is 1260. The fourth-order valence-corrected chi connectivity index (χ4v) is 4.00. The maximum Gasteiger partial charge on any atom is 0.291 e. The molecule has 0 radical (unpaired) electrons. The van der Waals surface area contributed by atoms with Gasteiger partial charge in [-0.1, -0.05) is 68.5 Å². The highest BCUT2D eigenvalue weighted by Gasteiger charge is 2.15. The highest BCUT2D eigenvalue weighted by atomic mass is 32.1. The maximum atomic E-state index is 12.8. The molecule has 5 nitrogen and oxygen atoms in total. The van der Waals surface area contributed by atoms with Gasteiger partial charge in [-0.05, 0) is 34.8 Å². The van der Waals surface area contributed by atoms with Crippen molar-refractivity contribution in [2.24, 2.45) is 0 Å². The van der Waals surface area contributed by atoms with Crippen molar-refractivity contribution in [1.29, 1.82) is 0 Å². The van der Waals surface area contributed by atoms with Gasteiger partial charge in [0, 0.05) is 25.3 Å². The van der Waals surface area contributed by atoms with Crippen molar-refractivity contribution in [1.82, 2.24) is 14.6 Å². The number of nitrogens with zero attached hydrogens (tertiary/aromatic N) is 4. The highest BCUT2D eigenvalue weighted by Crippen LogP contribution is 2.25. The van der Waals surface area contributed by atoms with Crippen molar-refractivity contribution in [3.05, 3.63) is 74.5 Å². The van der Waals surface area contributed by atoms with Crippen molar-refractivity contribution in [3.63, 3.8) is 0 Å². The molecule has 4 rings (SSSR count). The number of fused-ring (bicyclic) bond motifs is 1. The Kier molecular flexibility index (Phi) is 4.74. The van der Waals surface area contributed by atoms with Gasteiger partial charge in [0.25, 0.3) is 5.56 Å². The van der Waals surface area contributed by atoms with E-state index in [4.69, 9.17) is 0 Å². The van der Waals surface area contributed by atoms with Crippen molar-refractivity contribution >= 4 is 28.1 Å². The van der Waals surface area contributed by atoms with Crippen LogP contribution < -0.4 is 15.0 Å². The molecule has 0 aliphatic rings. The van der Waals surface area contributed by atoms with E-state index < -0.39 is 0 Å². The molecule has 0 aliphatic heterocycles. The van der Waals surface area contributed by atoms with Gasteiger partial charge in [-0.2, -0.15) is 9.50 Å². The first-order chi connectivity index (χ1) is 13.7. The zero-order valence-corrected chi connectivity index (χ0v) is 18.1. The van der Waals surface area contributed by atoms with Crippen LogP contribution >= 0.6 is 11.3 Å². The van der Waals surface area contributed by atoms with Gasteiger partial charge in [-0.15, -0.1) is 5.10 Å². The number of rotatable bonds is 3. The van der Waals surface area contributed by atoms with Gasteiger partial charge in [-0.25, -0.2) is 0 Å². The molecule has 148 valence electrons. The summed E-state index contributed by atoms with van der Waals surface area (Å²) in [6.07, 6.45) is 1.89. The Labute approximate surface area is 173 Å². The number of hydrogen-bond donors (Lipinski definition) is 0. The van der Waals surface area contributed by atoms with Gasteiger partial charge in [0.15, 0.2) is 5.82 Å². The Morgan fingerprint density at radius 1 is 1.00 bits per heavy atom. The van der Waals surface area contributed by atoms with Crippen LogP contribution in [0, 0.1) is 0 Å². The quantitative estimate of drug-likeness (QED) is 0.522. The molecule has 0 saturated heterocycles. The molecule has 4 aromatic rings. The van der Waals surface area contributed by atoms with Crippen molar-refractivity contribution < 1.29 is 0 Å². The third-order valence-corrected chi connectivity index (χ3v) is 5.86. The van der Waals surface area contributed by atoms with E-state index in [1.807, 2.05) is 61.5 Å². The molecule has 2 aromatic carbocycles. The number of benzene rings is 2. The SMILES string of the molecule is CN(C)c1ccc(C=c2sc3nc(-c4ccc(C(C)(C)C)cc4)nn3c2=O)cc1. The third-order valence-electron chi connectivity index (χ3n) is 4.90. The molecule has 0 unspecified atom stereocenters. The summed E-state index contributed by atoms with van der Waals surface area (Å²) in [7, 11) is 4.01. The van der Waals surface area contributed by atoms with Gasteiger partial charge in [-0.3, -0.25) is 4.79 Å². The first-order valence-electron chi connectivity index (χ1n) is 9.52. The van der Waals surface area contributed by atoms with Crippen LogP contribution in [-0.4, -0.2) is 28.7 Å². The lowest BCUT2D eigenvalue weighted by Gasteiger charge is -2.18. The van der Waals surface area contributed by atoms with E-state index in [9.17, 15) is 4.79 Å². The van der Waals surface area contributed by atoms with E-state index in [2.05, 4.69) is 43.0 Å². The summed E-state index contributed by atoms with van der Waals surface area (Å²) in [4.78, 5) is 20.0. The molecular weight excluding hydrogens is 380 g/mol. The largest absolute Gasteiger partial charge is 0.378 e. The van der Waals surface area contributed by atoms with Crippen molar-refractivity contribution in [3.8, 4) is 11.4 Å². The van der Waals surface area contributed by atoms with Crippen LogP contribution in [0.25, 0.3) is 22.4 Å². The van der Waals surface area contributed by atoms with Crippen LogP contribution in [0.1, 0.15) is 31.9 Å². The Morgan fingerprint density at radius 3 is 2.21 bits per heavy atom. The third kappa shape index (κ3) is 3.80. The van der Waals surface area contributed by atoms with Crippen LogP contribution in [-0.2, 0) is 5.41 Å². The van der Waals surface area contributed by atoms with Gasteiger partial charge in [0.1, 0.15) is 0 Å². The average molecular weight is 405 g/mol. The zero-order valence-electron chi connectivity index (χ0n) is 17.3. The Morgan fingerprint density at radius 2 is 1.66 bits per heavy atom. The summed E-state index contributed by atoms with van der Waals surface area (Å²) in [6.45, 7) is 6.55. The molecule has 2 heterocycles. The van der Waals surface area contributed by atoms with Crippen LogP contribution in [0.5, 0.6) is 0 Å². The van der Waals surface area contributed by atoms with E-state index >= 15 is 0 Å². The predicted molar refractivity (Wildman–Crippen MR) is 121 cm³/mol. The Hall–Kier alpha value is -2.99. The normalized spacial score (nSPS) is 12.7. The maximum absolute atomic E-state index is 12.8. The summed E-state index contributed by atoms with van der Waals surface area (Å²) in [5, 5.41) is 4.45. The summed E-state index contributed by atoms with van der Waals surface area (Å²) >= 11 is 1.36. The first-order valence-corrected chi connectivity index (χ1v) is 10.3. The number of hydrogen-bond acceptors (Lipinski definition) is 5. The number of aromatic nitrogens is 3. The minimum Gasteiger partial charge on any atom is -0.378 e. The fourth-order valence-electron chi connectivity index (χ4n) is 3.10. The number of thiazole rings is 1. The van der Waals surface area contributed by atoms with Gasteiger partial charge in [0.2, 0.25) is 4.96 Å². The molecular formula is C23H24N4OS. The van der Waals surface area contributed by atoms with Crippen molar-refractivity contribution in [2.45, 2.75) is 26.2 Å². The molecule has 0 saturated carbocycles. The van der Waals surface area contributed by atoms with E-state index in [0.29, 0.717) is 15.3 Å². The van der Waals surface area contributed by atoms with Crippen LogP contribution in [0.4, 0.5) is 5.69 Å². The van der Waals surface area contributed by atoms with Crippen molar-refractivity contribution in [2.75, 3.05) is 19.0 Å². The molecule has 6 heteroatoms. The van der Waals surface area contributed by atoms with Gasteiger partial charge >= 0.3 is 0 Å². The van der Waals surface area contributed by atoms with Crippen LogP contribution in [0.2, 0.25) is 0 Å². The molecule has 29 heavy (non-hydrogen) atoms. The van der Waals surface area contributed by atoms with Crippen LogP contribution in [0.3, 0.4) is 0 Å². The minimum absolute atomic E-state index is 0.0954. The fraction of sp³-hybridized carbons (Fsp3) is 0.261. The topological polar surface area (TPSA) is 50.5 Å². The highest BCUT2D eigenvalue weighted by molar-refractivity contribution is 7.15. The average Bonchev–Trinajstić information content (AvgIpc) is 3.21. The molecule has 0 amide bonds. The lowest BCUT2D eigenvalue weighted by atomic mass is 9.87. The molecule has 0 N–H and O–H groups in total. The van der Waals surface area contributed by atoms with E-state index in [1.54, 1.807) is 0 Å². The lowest BCUT2D eigenvalue weighted by Crippen LogP contribution is -2.23. The summed E-state index contributed by atoms with van der Waals surface area (Å²) in [5.74, 6) is 0.579. The first kappa shape index (κ1) is 19.3. The molecule has 0 bridgehead atoms. The molecule has 0 spiro atoms. The van der Waals surface area contributed by atoms with Gasteiger partial charge in [0.05, 0.1) is 4.53 Å². The summed E-state index contributed by atoms with van der Waals surface area (Å²) in [5.41, 5.74) is 4.23. The molecule has 0 fully saturated rings. The van der Waals surface area contributed by atoms with Gasteiger partial charge < -0.3 is 4.90 Å². The second-order valence-corrected chi connectivity index (χ2v) is 9.37. The van der Waals surface area contributed by atoms with E-state index in [0.717, 1.165) is 16.8 Å². The van der Waals surface area contributed by atoms with E-state index in [1.165, 1.54) is 21.4 Å². The minimum atomic E-state index is -0.133. The Balaban J connectivity index is 1.68. The lowest BCUT2D eigenvalue weighted by molar-refractivity contribution is 0.590. The number of anilines is 1. The van der Waals surface area contributed by atoms with E-state index in [-0.39, 0.29) is 11.0 Å². The second kappa shape index (κ2) is 7.12. The predicted octanol–water partition coefficient (Wildman–Crippen LogP) is 3.73. The smallest absolute Gasteiger partial charge is 0.291 e.